The van der Waals surface area contributed by atoms with E-state index in [0.717, 1.165) is 11.2 Å². The maximum atomic E-state index is 12.7. The number of amides is 2. The molecule has 6 nitrogen and oxygen atoms in total. The largest absolute Gasteiger partial charge is 0.313 e. The van der Waals surface area contributed by atoms with Gasteiger partial charge in [-0.25, -0.2) is 4.98 Å². The molecule has 4 rings (SSSR count). The second-order valence-electron chi connectivity index (χ2n) is 6.42. The van der Waals surface area contributed by atoms with Crippen LogP contribution in [0, 0.1) is 5.92 Å². The molecular weight excluding hydrogens is 387 g/mol. The standard InChI is InChI=1S/C19H16Cl2N4O2/c1-24-16-7-4-12(21)10-15(16)22-19(24)23-17(26)14-8-9-25(18(14)27)13-5-2-11(20)3-6-13/h2-7,10,14H,8-9H2,1H3,(H,22,23,26). The molecule has 1 aromatic heterocycles. The molecular formula is C19H16Cl2N4O2. The van der Waals surface area contributed by atoms with Crippen LogP contribution in [-0.4, -0.2) is 27.9 Å². The number of nitrogens with one attached hydrogen (secondary N) is 1. The summed E-state index contributed by atoms with van der Waals surface area (Å²) in [5.74, 6) is -0.948. The van der Waals surface area contributed by atoms with Crippen molar-refractivity contribution >= 4 is 57.7 Å². The Bertz CT molecular complexity index is 1050. The third-order valence-electron chi connectivity index (χ3n) is 4.74. The maximum Gasteiger partial charge on any atom is 0.239 e. The van der Waals surface area contributed by atoms with Crippen molar-refractivity contribution in [2.45, 2.75) is 6.42 Å². The lowest BCUT2D eigenvalue weighted by molar-refractivity contribution is -0.129. The lowest BCUT2D eigenvalue weighted by Gasteiger charge is -2.16. The molecule has 1 unspecified atom stereocenters. The van der Waals surface area contributed by atoms with Crippen LogP contribution in [-0.2, 0) is 16.6 Å². The van der Waals surface area contributed by atoms with E-state index in [2.05, 4.69) is 10.3 Å². The molecule has 138 valence electrons. The van der Waals surface area contributed by atoms with Crippen LogP contribution in [0.2, 0.25) is 10.0 Å². The van der Waals surface area contributed by atoms with E-state index in [-0.39, 0.29) is 11.8 Å². The minimum Gasteiger partial charge on any atom is -0.313 e. The van der Waals surface area contributed by atoms with E-state index in [1.165, 1.54) is 0 Å². The van der Waals surface area contributed by atoms with Crippen molar-refractivity contribution in [2.75, 3.05) is 16.8 Å². The fourth-order valence-corrected chi connectivity index (χ4v) is 3.57. The van der Waals surface area contributed by atoms with Gasteiger partial charge in [0.25, 0.3) is 0 Å². The summed E-state index contributed by atoms with van der Waals surface area (Å²) < 4.78 is 1.76. The van der Waals surface area contributed by atoms with Gasteiger partial charge in [0, 0.05) is 29.3 Å². The molecule has 1 atom stereocenters. The molecule has 2 amide bonds. The molecule has 8 heteroatoms. The molecule has 3 aromatic rings. The summed E-state index contributed by atoms with van der Waals surface area (Å²) in [7, 11) is 1.80. The number of aryl methyl sites for hydroxylation is 1. The molecule has 1 aliphatic rings. The predicted octanol–water partition coefficient (Wildman–Crippen LogP) is 3.87. The van der Waals surface area contributed by atoms with E-state index >= 15 is 0 Å². The SMILES string of the molecule is Cn1c(NC(=O)C2CCN(c3ccc(Cl)cc3)C2=O)nc2cc(Cl)ccc21. The summed E-state index contributed by atoms with van der Waals surface area (Å²) >= 11 is 11.9. The van der Waals surface area contributed by atoms with Gasteiger partial charge in [-0.3, -0.25) is 14.9 Å². The van der Waals surface area contributed by atoms with E-state index in [9.17, 15) is 9.59 Å². The van der Waals surface area contributed by atoms with E-state index in [1.54, 1.807) is 52.9 Å². The number of fused-ring (bicyclic) bond motifs is 1. The molecule has 0 aliphatic carbocycles. The number of halogens is 2. The monoisotopic (exact) mass is 402 g/mol. The Morgan fingerprint density at radius 2 is 1.85 bits per heavy atom. The van der Waals surface area contributed by atoms with Crippen molar-refractivity contribution in [3.8, 4) is 0 Å². The lowest BCUT2D eigenvalue weighted by Crippen LogP contribution is -2.33. The number of rotatable bonds is 3. The van der Waals surface area contributed by atoms with Gasteiger partial charge in [0.05, 0.1) is 11.0 Å². The Balaban J connectivity index is 1.53. The van der Waals surface area contributed by atoms with Crippen LogP contribution in [0.15, 0.2) is 42.5 Å². The second-order valence-corrected chi connectivity index (χ2v) is 7.30. The van der Waals surface area contributed by atoms with Gasteiger partial charge >= 0.3 is 0 Å². The molecule has 0 radical (unpaired) electrons. The molecule has 27 heavy (non-hydrogen) atoms. The zero-order chi connectivity index (χ0) is 19.1. The molecule has 1 N–H and O–H groups in total. The zero-order valence-corrected chi connectivity index (χ0v) is 16.0. The number of aromatic nitrogens is 2. The summed E-state index contributed by atoms with van der Waals surface area (Å²) in [6.45, 7) is 0.483. The van der Waals surface area contributed by atoms with Crippen molar-refractivity contribution in [3.05, 3.63) is 52.5 Å². The highest BCUT2D eigenvalue weighted by Crippen LogP contribution is 2.28. The van der Waals surface area contributed by atoms with E-state index in [4.69, 9.17) is 23.2 Å². The molecule has 2 heterocycles. The van der Waals surface area contributed by atoms with Crippen LogP contribution >= 0.6 is 23.2 Å². The van der Waals surface area contributed by atoms with Gasteiger partial charge < -0.3 is 9.47 Å². The molecule has 1 aliphatic heterocycles. The van der Waals surface area contributed by atoms with Crippen LogP contribution < -0.4 is 10.2 Å². The first-order chi connectivity index (χ1) is 12.9. The average Bonchev–Trinajstić information content (AvgIpc) is 3.16. The molecule has 0 bridgehead atoms. The second kappa shape index (κ2) is 6.87. The van der Waals surface area contributed by atoms with Gasteiger partial charge in [-0.05, 0) is 48.9 Å². The van der Waals surface area contributed by atoms with Gasteiger partial charge in [0.1, 0.15) is 5.92 Å². The summed E-state index contributed by atoms with van der Waals surface area (Å²) in [4.78, 5) is 31.4. The normalized spacial score (nSPS) is 16.9. The molecule has 2 aromatic carbocycles. The summed E-state index contributed by atoms with van der Waals surface area (Å²) in [5.41, 5.74) is 2.26. The van der Waals surface area contributed by atoms with Gasteiger partial charge in [0.15, 0.2) is 0 Å². The fourth-order valence-electron chi connectivity index (χ4n) is 3.28. The Kier molecular flexibility index (Phi) is 4.53. The Morgan fingerprint density at radius 3 is 2.59 bits per heavy atom. The third kappa shape index (κ3) is 3.26. The Hall–Kier alpha value is -2.57. The summed E-state index contributed by atoms with van der Waals surface area (Å²) in [5, 5.41) is 3.94. The molecule has 1 saturated heterocycles. The number of hydrogen-bond donors (Lipinski definition) is 1. The predicted molar refractivity (Wildman–Crippen MR) is 106 cm³/mol. The van der Waals surface area contributed by atoms with Crippen LogP contribution in [0.4, 0.5) is 11.6 Å². The maximum absolute atomic E-state index is 12.7. The van der Waals surface area contributed by atoms with Gasteiger partial charge in [-0.15, -0.1) is 0 Å². The van der Waals surface area contributed by atoms with Crippen LogP contribution in [0.1, 0.15) is 6.42 Å². The number of nitrogens with zero attached hydrogens (tertiary/aromatic N) is 3. The summed E-state index contributed by atoms with van der Waals surface area (Å²) in [6, 6.07) is 12.3. The number of benzene rings is 2. The van der Waals surface area contributed by atoms with Gasteiger partial charge in [-0.2, -0.15) is 0 Å². The highest BCUT2D eigenvalue weighted by atomic mass is 35.5. The number of carbonyl (C=O) groups is 2. The lowest BCUT2D eigenvalue weighted by atomic mass is 10.1. The first-order valence-electron chi connectivity index (χ1n) is 8.44. The van der Waals surface area contributed by atoms with Crippen molar-refractivity contribution in [3.63, 3.8) is 0 Å². The number of carbonyl (C=O) groups excluding carboxylic acids is 2. The number of imidazole rings is 1. The van der Waals surface area contributed by atoms with E-state index in [0.29, 0.717) is 34.5 Å². The molecule has 1 fully saturated rings. The van der Waals surface area contributed by atoms with Crippen LogP contribution in [0.25, 0.3) is 11.0 Å². The summed E-state index contributed by atoms with van der Waals surface area (Å²) in [6.07, 6.45) is 0.447. The smallest absolute Gasteiger partial charge is 0.239 e. The minimum absolute atomic E-state index is 0.225. The topological polar surface area (TPSA) is 67.2 Å². The van der Waals surface area contributed by atoms with Crippen LogP contribution in [0.3, 0.4) is 0 Å². The zero-order valence-electron chi connectivity index (χ0n) is 14.4. The van der Waals surface area contributed by atoms with E-state index < -0.39 is 5.92 Å². The molecule has 0 saturated carbocycles. The number of anilines is 2. The van der Waals surface area contributed by atoms with Crippen LogP contribution in [0.5, 0.6) is 0 Å². The quantitative estimate of drug-likeness (QED) is 0.676. The highest BCUT2D eigenvalue weighted by molar-refractivity contribution is 6.31. The van der Waals surface area contributed by atoms with Crippen molar-refractivity contribution in [1.29, 1.82) is 0 Å². The van der Waals surface area contributed by atoms with Crippen molar-refractivity contribution in [2.24, 2.45) is 13.0 Å². The van der Waals surface area contributed by atoms with Gasteiger partial charge in [0.2, 0.25) is 17.8 Å². The first kappa shape index (κ1) is 17.8. The average molecular weight is 403 g/mol. The third-order valence-corrected chi connectivity index (χ3v) is 5.23. The highest BCUT2D eigenvalue weighted by Gasteiger charge is 2.38. The van der Waals surface area contributed by atoms with Gasteiger partial charge in [-0.1, -0.05) is 23.2 Å². The fraction of sp³-hybridized carbons (Fsp3) is 0.211. The van der Waals surface area contributed by atoms with Crippen molar-refractivity contribution < 1.29 is 9.59 Å². The Labute approximate surface area is 165 Å². The Morgan fingerprint density at radius 1 is 1.15 bits per heavy atom. The van der Waals surface area contributed by atoms with E-state index in [1.807, 2.05) is 6.07 Å². The molecule has 0 spiro atoms. The van der Waals surface area contributed by atoms with Crippen molar-refractivity contribution in [1.82, 2.24) is 9.55 Å². The minimum atomic E-state index is -0.746. The number of hydrogen-bond acceptors (Lipinski definition) is 3. The first-order valence-corrected chi connectivity index (χ1v) is 9.19.